The number of halogens is 1. The van der Waals surface area contributed by atoms with Crippen LogP contribution in [0, 0.1) is 0 Å². The highest BCUT2D eigenvalue weighted by molar-refractivity contribution is 5.44. The minimum Gasteiger partial charge on any atom is -1.00 e. The highest BCUT2D eigenvalue weighted by Gasteiger charge is 2.19. The molecule has 0 spiro atoms. The van der Waals surface area contributed by atoms with Crippen molar-refractivity contribution >= 4 is 0 Å². The van der Waals surface area contributed by atoms with Crippen LogP contribution in [0.1, 0.15) is 5.56 Å². The summed E-state index contributed by atoms with van der Waals surface area (Å²) >= 11 is 0. The van der Waals surface area contributed by atoms with E-state index in [9.17, 15) is 5.11 Å². The molecule has 1 aromatic carbocycles. The largest absolute Gasteiger partial charge is 1.00 e. The van der Waals surface area contributed by atoms with Gasteiger partial charge >= 0.3 is 0 Å². The van der Waals surface area contributed by atoms with Crippen molar-refractivity contribution in [3.05, 3.63) is 23.8 Å². The van der Waals surface area contributed by atoms with Gasteiger partial charge in [0.15, 0.2) is 11.5 Å². The van der Waals surface area contributed by atoms with Crippen molar-refractivity contribution in [2.75, 3.05) is 59.3 Å². The summed E-state index contributed by atoms with van der Waals surface area (Å²) in [7, 11) is 0. The number of ether oxygens (including phenoxy) is 3. The number of rotatable bonds is 8. The topological polar surface area (TPSA) is 74.6 Å². The monoisotopic (exact) mass is 373 g/mol. The van der Waals surface area contributed by atoms with Gasteiger partial charge in [-0.2, -0.15) is 0 Å². The van der Waals surface area contributed by atoms with Gasteiger partial charge in [0.05, 0.1) is 25.9 Å². The molecule has 1 fully saturated rings. The van der Waals surface area contributed by atoms with Gasteiger partial charge in [-0.25, -0.2) is 0 Å². The third-order valence-electron chi connectivity index (χ3n) is 4.37. The zero-order valence-electron chi connectivity index (χ0n) is 14.3. The van der Waals surface area contributed by atoms with Crippen molar-refractivity contribution in [2.45, 2.75) is 12.7 Å². The molecule has 0 amide bonds. The fourth-order valence-electron chi connectivity index (χ4n) is 3.03. The van der Waals surface area contributed by atoms with Crippen molar-refractivity contribution in [3.8, 4) is 11.5 Å². The van der Waals surface area contributed by atoms with E-state index in [1.54, 1.807) is 0 Å². The maximum atomic E-state index is 10.1. The molecule has 7 nitrogen and oxygen atoms in total. The molecule has 2 N–H and O–H groups in total. The molecule has 2 heterocycles. The summed E-state index contributed by atoms with van der Waals surface area (Å²) in [6, 6.07) is 5.73. The molecule has 1 aromatic rings. The first-order chi connectivity index (χ1) is 11.7. The van der Waals surface area contributed by atoms with E-state index in [0.29, 0.717) is 19.8 Å². The molecule has 1 saturated heterocycles. The van der Waals surface area contributed by atoms with Gasteiger partial charge in [-0.1, -0.05) is 6.07 Å². The molecule has 1 unspecified atom stereocenters. The average molecular weight is 374 g/mol. The summed E-state index contributed by atoms with van der Waals surface area (Å²) in [4.78, 5) is 4.47. The smallest absolute Gasteiger partial charge is 0.231 e. The first-order valence-electron chi connectivity index (χ1n) is 8.44. The molecule has 1 atom stereocenters. The molecule has 8 heteroatoms. The first kappa shape index (κ1) is 20.2. The van der Waals surface area contributed by atoms with Crippen molar-refractivity contribution in [1.29, 1.82) is 0 Å². The van der Waals surface area contributed by atoms with E-state index in [2.05, 4.69) is 9.80 Å². The standard InChI is InChI=1S/C17H26N2O5.ClH/c20-8-7-18-3-5-19(6-4-18)10-15(21)12-22-11-14-1-2-16-17(9-14)24-13-23-16;/h1-2,9,15,20-21H,3-8,10-13H2;1H/p-1. The number of hydrogen-bond donors (Lipinski definition) is 2. The van der Waals surface area contributed by atoms with Crippen LogP contribution in [0.25, 0.3) is 0 Å². The minimum absolute atomic E-state index is 0. The number of benzene rings is 1. The summed E-state index contributed by atoms with van der Waals surface area (Å²) in [5, 5.41) is 19.1. The highest BCUT2D eigenvalue weighted by atomic mass is 35.5. The SMILES string of the molecule is OCCN1CCN(CC(O)COCc2ccc3c(c2)OCO3)CC1.[Cl-]. The van der Waals surface area contributed by atoms with Gasteiger partial charge in [-0.05, 0) is 17.7 Å². The van der Waals surface area contributed by atoms with Crippen molar-refractivity contribution in [1.82, 2.24) is 9.80 Å². The molecule has 142 valence electrons. The van der Waals surface area contributed by atoms with E-state index in [0.717, 1.165) is 49.8 Å². The number of hydrogen-bond acceptors (Lipinski definition) is 7. The lowest BCUT2D eigenvalue weighted by atomic mass is 10.2. The van der Waals surface area contributed by atoms with Gasteiger partial charge in [-0.15, -0.1) is 0 Å². The quantitative estimate of drug-likeness (QED) is 0.500. The second-order valence-corrected chi connectivity index (χ2v) is 6.22. The zero-order chi connectivity index (χ0) is 16.8. The van der Waals surface area contributed by atoms with Crippen molar-refractivity contribution < 1.29 is 36.8 Å². The molecule has 0 aromatic heterocycles. The number of aliphatic hydroxyl groups is 2. The molecule has 0 aliphatic carbocycles. The maximum absolute atomic E-state index is 10.1. The van der Waals surface area contributed by atoms with Gasteiger partial charge in [0, 0.05) is 39.3 Å². The lowest BCUT2D eigenvalue weighted by Crippen LogP contribution is -3.00. The Balaban J connectivity index is 0.00000225. The minimum atomic E-state index is -0.497. The first-order valence-corrected chi connectivity index (χ1v) is 8.44. The molecule has 2 aliphatic heterocycles. The predicted octanol–water partition coefficient (Wildman–Crippen LogP) is -3.09. The van der Waals surface area contributed by atoms with Gasteiger partial charge in [0.25, 0.3) is 0 Å². The van der Waals surface area contributed by atoms with E-state index in [4.69, 9.17) is 19.3 Å². The van der Waals surface area contributed by atoms with Gasteiger partial charge in [0.1, 0.15) is 0 Å². The highest BCUT2D eigenvalue weighted by Crippen LogP contribution is 2.32. The fourth-order valence-corrected chi connectivity index (χ4v) is 3.03. The Hall–Kier alpha value is -1.09. The number of β-amino-alcohol motifs (C(OH)–C–C–N with tert-alkyl or cyclic N) is 2. The van der Waals surface area contributed by atoms with E-state index in [-0.39, 0.29) is 25.8 Å². The summed E-state index contributed by atoms with van der Waals surface area (Å²) in [6.07, 6.45) is -0.497. The molecule has 25 heavy (non-hydrogen) atoms. The molecule has 0 bridgehead atoms. The lowest BCUT2D eigenvalue weighted by molar-refractivity contribution is -0.0000616. The Labute approximate surface area is 154 Å². The molecule has 2 aliphatic rings. The Morgan fingerprint density at radius 1 is 1.08 bits per heavy atom. The third-order valence-corrected chi connectivity index (χ3v) is 4.37. The summed E-state index contributed by atoms with van der Waals surface area (Å²) in [6.45, 7) is 6.28. The molecular formula is C17H26ClN2O5-. The number of fused-ring (bicyclic) bond motifs is 1. The van der Waals surface area contributed by atoms with Gasteiger partial charge in [-0.3, -0.25) is 9.80 Å². The number of piperazine rings is 1. The maximum Gasteiger partial charge on any atom is 0.231 e. The Bertz CT molecular complexity index is 526. The van der Waals surface area contributed by atoms with Crippen LogP contribution < -0.4 is 21.9 Å². The normalized spacial score (nSPS) is 18.8. The van der Waals surface area contributed by atoms with Crippen LogP contribution in [0.5, 0.6) is 11.5 Å². The van der Waals surface area contributed by atoms with Crippen LogP contribution in [0.15, 0.2) is 18.2 Å². The molecular weight excluding hydrogens is 348 g/mol. The molecule has 3 rings (SSSR count). The summed E-state index contributed by atoms with van der Waals surface area (Å²) < 4.78 is 16.2. The van der Waals surface area contributed by atoms with Crippen LogP contribution in [-0.4, -0.2) is 85.4 Å². The zero-order valence-corrected chi connectivity index (χ0v) is 15.0. The second-order valence-electron chi connectivity index (χ2n) is 6.22. The Kier molecular flexibility index (Phi) is 8.21. The van der Waals surface area contributed by atoms with E-state index >= 15 is 0 Å². The lowest BCUT2D eigenvalue weighted by Gasteiger charge is -2.35. The van der Waals surface area contributed by atoms with Crippen LogP contribution in [0.4, 0.5) is 0 Å². The van der Waals surface area contributed by atoms with Crippen molar-refractivity contribution in [3.63, 3.8) is 0 Å². The third kappa shape index (κ3) is 5.99. The Morgan fingerprint density at radius 3 is 2.56 bits per heavy atom. The van der Waals surface area contributed by atoms with Crippen LogP contribution in [0.2, 0.25) is 0 Å². The van der Waals surface area contributed by atoms with Crippen LogP contribution >= 0.6 is 0 Å². The Morgan fingerprint density at radius 2 is 1.80 bits per heavy atom. The predicted molar refractivity (Wildman–Crippen MR) is 88.2 cm³/mol. The second kappa shape index (κ2) is 10.2. The summed E-state index contributed by atoms with van der Waals surface area (Å²) in [5.41, 5.74) is 1.00. The molecule has 0 radical (unpaired) electrons. The van der Waals surface area contributed by atoms with Crippen molar-refractivity contribution in [2.24, 2.45) is 0 Å². The number of aliphatic hydroxyl groups excluding tert-OH is 2. The van der Waals surface area contributed by atoms with Crippen LogP contribution in [-0.2, 0) is 11.3 Å². The van der Waals surface area contributed by atoms with Crippen LogP contribution in [0.3, 0.4) is 0 Å². The number of nitrogens with zero attached hydrogens (tertiary/aromatic N) is 2. The average Bonchev–Trinajstić information content (AvgIpc) is 3.05. The molecule has 0 saturated carbocycles. The van der Waals surface area contributed by atoms with E-state index < -0.39 is 6.10 Å². The van der Waals surface area contributed by atoms with E-state index in [1.165, 1.54) is 0 Å². The summed E-state index contributed by atoms with van der Waals surface area (Å²) in [5.74, 6) is 1.51. The fraction of sp³-hybridized carbons (Fsp3) is 0.647. The van der Waals surface area contributed by atoms with Gasteiger partial charge in [0.2, 0.25) is 6.79 Å². The van der Waals surface area contributed by atoms with Gasteiger partial charge < -0.3 is 36.8 Å². The van der Waals surface area contributed by atoms with E-state index in [1.807, 2.05) is 18.2 Å².